The van der Waals surface area contributed by atoms with E-state index in [0.29, 0.717) is 50.2 Å². The number of imidazole rings is 1. The van der Waals surface area contributed by atoms with Crippen LogP contribution in [0.5, 0.6) is 0 Å². The number of amides is 2. The van der Waals surface area contributed by atoms with Crippen molar-refractivity contribution >= 4 is 28.5 Å². The van der Waals surface area contributed by atoms with Crippen LogP contribution in [0.15, 0.2) is 18.2 Å². The number of likely N-dealkylation sites (tertiary alicyclic amines) is 1. The summed E-state index contributed by atoms with van der Waals surface area (Å²) < 4.78 is 38.5. The molecule has 2 N–H and O–H groups in total. The molecular weight excluding hydrogens is 449 g/mol. The smallest absolute Gasteiger partial charge is 0.341 e. The molecule has 2 aliphatic rings. The number of H-pyrrole nitrogens is 1. The van der Waals surface area contributed by atoms with Crippen LogP contribution >= 0.6 is 0 Å². The Kier molecular flexibility index (Phi) is 7.13. The summed E-state index contributed by atoms with van der Waals surface area (Å²) in [6, 6.07) is 4.42. The minimum Gasteiger partial charge on any atom is -0.341 e. The Morgan fingerprint density at radius 2 is 1.68 bits per heavy atom. The average molecular weight is 481 g/mol. The molecule has 0 radical (unpaired) electrons. The van der Waals surface area contributed by atoms with E-state index in [-0.39, 0.29) is 29.4 Å². The quantitative estimate of drug-likeness (QED) is 0.688. The molecule has 0 spiro atoms. The molecule has 186 valence electrons. The highest BCUT2D eigenvalue weighted by molar-refractivity contribution is 5.94. The lowest BCUT2D eigenvalue weighted by Crippen LogP contribution is -2.52. The zero-order valence-electron chi connectivity index (χ0n) is 19.5. The van der Waals surface area contributed by atoms with Gasteiger partial charge in [0.2, 0.25) is 17.6 Å². The number of halogens is 3. The van der Waals surface area contributed by atoms with Crippen LogP contribution in [0.2, 0.25) is 0 Å². The number of carbonyl (C=O) groups is 2. The largest absolute Gasteiger partial charge is 0.449 e. The van der Waals surface area contributed by atoms with Gasteiger partial charge in [-0.05, 0) is 36.5 Å². The third kappa shape index (κ3) is 6.06. The number of hydrogen-bond donors (Lipinski definition) is 2. The highest BCUT2D eigenvalue weighted by Crippen LogP contribution is 2.29. The van der Waals surface area contributed by atoms with Gasteiger partial charge in [-0.25, -0.2) is 4.98 Å². The summed E-state index contributed by atoms with van der Waals surface area (Å²) in [5.74, 6) is -0.0673. The van der Waals surface area contributed by atoms with Crippen molar-refractivity contribution in [3.8, 4) is 0 Å². The molecule has 2 unspecified atom stereocenters. The maximum absolute atomic E-state index is 12.8. The van der Waals surface area contributed by atoms with E-state index in [0.717, 1.165) is 19.5 Å². The zero-order valence-corrected chi connectivity index (χ0v) is 19.5. The Morgan fingerprint density at radius 1 is 1.06 bits per heavy atom. The SMILES string of the molecule is CC1CC(C)CN(C(=O)CN2CCN(CC(=O)Nc3ccc4nc(C(F)(F)F)[nH]c4c3)CC2)C1. The predicted octanol–water partition coefficient (Wildman–Crippen LogP) is 2.64. The Morgan fingerprint density at radius 3 is 2.29 bits per heavy atom. The van der Waals surface area contributed by atoms with Crippen molar-refractivity contribution in [2.45, 2.75) is 26.4 Å². The number of carbonyl (C=O) groups excluding carboxylic acids is 2. The third-order valence-electron chi connectivity index (χ3n) is 6.45. The molecule has 0 bridgehead atoms. The fourth-order valence-electron chi connectivity index (χ4n) is 4.89. The lowest BCUT2D eigenvalue weighted by Gasteiger charge is -2.38. The molecule has 8 nitrogen and oxygen atoms in total. The minimum absolute atomic E-state index is 0.174. The van der Waals surface area contributed by atoms with Crippen molar-refractivity contribution in [2.75, 3.05) is 57.7 Å². The summed E-state index contributed by atoms with van der Waals surface area (Å²) in [6.07, 6.45) is -3.39. The van der Waals surface area contributed by atoms with Gasteiger partial charge in [0.05, 0.1) is 24.1 Å². The van der Waals surface area contributed by atoms with Gasteiger partial charge in [-0.2, -0.15) is 13.2 Å². The van der Waals surface area contributed by atoms with Crippen molar-refractivity contribution in [1.82, 2.24) is 24.7 Å². The number of piperazine rings is 1. The Bertz CT molecular complexity index is 1020. The molecular formula is C23H31F3N6O2. The van der Waals surface area contributed by atoms with Gasteiger partial charge < -0.3 is 15.2 Å². The normalized spacial score (nSPS) is 22.8. The van der Waals surface area contributed by atoms with Crippen LogP contribution in [0.1, 0.15) is 26.1 Å². The van der Waals surface area contributed by atoms with Crippen molar-refractivity contribution < 1.29 is 22.8 Å². The van der Waals surface area contributed by atoms with Crippen LogP contribution in [-0.4, -0.2) is 88.8 Å². The standard InChI is InChI=1S/C23H31F3N6O2/c1-15-9-16(2)12-32(11-15)21(34)14-31-7-5-30(6-8-31)13-20(33)27-17-3-4-18-19(10-17)29-22(28-18)23(24,25)26/h3-4,10,15-16H,5-9,11-14H2,1-2H3,(H,27,33)(H,28,29). The highest BCUT2D eigenvalue weighted by atomic mass is 19.4. The van der Waals surface area contributed by atoms with Gasteiger partial charge in [-0.1, -0.05) is 13.8 Å². The van der Waals surface area contributed by atoms with Crippen LogP contribution in [0.25, 0.3) is 11.0 Å². The molecule has 2 amide bonds. The first-order valence-electron chi connectivity index (χ1n) is 11.7. The first kappa shape index (κ1) is 24.5. The first-order valence-corrected chi connectivity index (χ1v) is 11.7. The number of nitrogens with zero attached hydrogens (tertiary/aromatic N) is 4. The third-order valence-corrected chi connectivity index (χ3v) is 6.45. The summed E-state index contributed by atoms with van der Waals surface area (Å²) >= 11 is 0. The van der Waals surface area contributed by atoms with Crippen molar-refractivity contribution in [1.29, 1.82) is 0 Å². The maximum atomic E-state index is 12.8. The lowest BCUT2D eigenvalue weighted by atomic mass is 9.92. The predicted molar refractivity (Wildman–Crippen MR) is 122 cm³/mol. The summed E-state index contributed by atoms with van der Waals surface area (Å²) in [6.45, 7) is 9.36. The second-order valence-corrected chi connectivity index (χ2v) is 9.66. The molecule has 2 aromatic rings. The lowest BCUT2D eigenvalue weighted by molar-refractivity contribution is -0.144. The number of nitrogens with one attached hydrogen (secondary N) is 2. The van der Waals surface area contributed by atoms with Crippen LogP contribution in [0.3, 0.4) is 0 Å². The van der Waals surface area contributed by atoms with Crippen LogP contribution in [0, 0.1) is 11.8 Å². The molecule has 0 saturated carbocycles. The molecule has 34 heavy (non-hydrogen) atoms. The van der Waals surface area contributed by atoms with Gasteiger partial charge in [0.25, 0.3) is 0 Å². The van der Waals surface area contributed by atoms with E-state index in [1.165, 1.54) is 18.2 Å². The molecule has 1 aromatic heterocycles. The van der Waals surface area contributed by atoms with Crippen LogP contribution in [0.4, 0.5) is 18.9 Å². The molecule has 11 heteroatoms. The van der Waals surface area contributed by atoms with Crippen molar-refractivity contribution in [2.24, 2.45) is 11.8 Å². The number of alkyl halides is 3. The fourth-order valence-corrected chi connectivity index (χ4v) is 4.89. The van der Waals surface area contributed by atoms with E-state index in [4.69, 9.17) is 0 Å². The number of piperidine rings is 1. The fraction of sp³-hybridized carbons (Fsp3) is 0.609. The van der Waals surface area contributed by atoms with Crippen molar-refractivity contribution in [3.05, 3.63) is 24.0 Å². The molecule has 2 aliphatic heterocycles. The van der Waals surface area contributed by atoms with E-state index in [1.807, 2.05) is 9.80 Å². The Hall–Kier alpha value is -2.66. The first-order chi connectivity index (χ1) is 16.1. The van der Waals surface area contributed by atoms with Gasteiger partial charge >= 0.3 is 6.18 Å². The van der Waals surface area contributed by atoms with Gasteiger partial charge in [0.1, 0.15) is 0 Å². The maximum Gasteiger partial charge on any atom is 0.449 e. The second kappa shape index (κ2) is 9.91. The summed E-state index contributed by atoms with van der Waals surface area (Å²) in [5, 5.41) is 2.74. The molecule has 4 rings (SSSR count). The van der Waals surface area contributed by atoms with E-state index >= 15 is 0 Å². The average Bonchev–Trinajstić information content (AvgIpc) is 3.18. The Labute approximate surface area is 196 Å². The van der Waals surface area contributed by atoms with Crippen LogP contribution < -0.4 is 5.32 Å². The monoisotopic (exact) mass is 480 g/mol. The zero-order chi connectivity index (χ0) is 24.5. The van der Waals surface area contributed by atoms with Gasteiger partial charge in [-0.3, -0.25) is 19.4 Å². The number of fused-ring (bicyclic) bond motifs is 1. The van der Waals surface area contributed by atoms with Gasteiger partial charge in [0, 0.05) is 45.0 Å². The number of rotatable bonds is 5. The van der Waals surface area contributed by atoms with E-state index in [9.17, 15) is 22.8 Å². The topological polar surface area (TPSA) is 84.6 Å². The molecule has 2 fully saturated rings. The second-order valence-electron chi connectivity index (χ2n) is 9.66. The summed E-state index contributed by atoms with van der Waals surface area (Å²) in [7, 11) is 0. The number of aromatic amines is 1. The number of hydrogen-bond acceptors (Lipinski definition) is 5. The molecule has 2 saturated heterocycles. The summed E-state index contributed by atoms with van der Waals surface area (Å²) in [4.78, 5) is 37.1. The van der Waals surface area contributed by atoms with E-state index in [2.05, 4.69) is 34.0 Å². The number of benzene rings is 1. The number of aromatic nitrogens is 2. The molecule has 2 atom stereocenters. The van der Waals surface area contributed by atoms with Crippen LogP contribution in [-0.2, 0) is 15.8 Å². The Balaban J connectivity index is 1.23. The molecule has 3 heterocycles. The summed E-state index contributed by atoms with van der Waals surface area (Å²) in [5.41, 5.74) is 0.800. The molecule has 1 aromatic carbocycles. The van der Waals surface area contributed by atoms with E-state index in [1.54, 1.807) is 0 Å². The highest BCUT2D eigenvalue weighted by Gasteiger charge is 2.34. The van der Waals surface area contributed by atoms with E-state index < -0.39 is 12.0 Å². The number of anilines is 1. The molecule has 0 aliphatic carbocycles. The van der Waals surface area contributed by atoms with Gasteiger partial charge in [0.15, 0.2) is 0 Å². The minimum atomic E-state index is -4.56. The van der Waals surface area contributed by atoms with Crippen molar-refractivity contribution in [3.63, 3.8) is 0 Å². The van der Waals surface area contributed by atoms with Gasteiger partial charge in [-0.15, -0.1) is 0 Å².